The van der Waals surface area contributed by atoms with Gasteiger partial charge in [0.1, 0.15) is 0 Å². The largest absolute Gasteiger partial charge is 0.451 e. The van der Waals surface area contributed by atoms with E-state index < -0.39 is 18.5 Å². The highest BCUT2D eigenvalue weighted by molar-refractivity contribution is 6.03. The highest BCUT2D eigenvalue weighted by atomic mass is 16.5. The highest BCUT2D eigenvalue weighted by Crippen LogP contribution is 2.18. The molecular formula is C20H19N3O4. The number of nitrogens with one attached hydrogen (secondary N) is 1. The zero-order valence-electron chi connectivity index (χ0n) is 15.3. The van der Waals surface area contributed by atoms with Crippen molar-refractivity contribution in [3.8, 4) is 0 Å². The van der Waals surface area contributed by atoms with Crippen LogP contribution in [0.1, 0.15) is 21.6 Å². The lowest BCUT2D eigenvalue weighted by molar-refractivity contribution is -0.119. The molecule has 1 aromatic heterocycles. The van der Waals surface area contributed by atoms with Gasteiger partial charge in [-0.15, -0.1) is 0 Å². The summed E-state index contributed by atoms with van der Waals surface area (Å²) in [6.07, 6.45) is 0. The molecule has 7 nitrogen and oxygen atoms in total. The van der Waals surface area contributed by atoms with E-state index >= 15 is 0 Å². The van der Waals surface area contributed by atoms with E-state index in [-0.39, 0.29) is 11.3 Å². The minimum absolute atomic E-state index is 0.00719. The summed E-state index contributed by atoms with van der Waals surface area (Å²) in [5.74, 6) is -1.22. The van der Waals surface area contributed by atoms with Crippen molar-refractivity contribution in [1.82, 2.24) is 9.78 Å². The smallest absolute Gasteiger partial charge is 0.359 e. The van der Waals surface area contributed by atoms with E-state index in [0.717, 1.165) is 15.8 Å². The van der Waals surface area contributed by atoms with Crippen LogP contribution in [0.4, 0.5) is 5.69 Å². The lowest BCUT2D eigenvalue weighted by atomic mass is 10.1. The number of anilines is 1. The number of hydrogen-bond acceptors (Lipinski definition) is 5. The minimum Gasteiger partial charge on any atom is -0.451 e. The van der Waals surface area contributed by atoms with Gasteiger partial charge in [-0.05, 0) is 37.1 Å². The van der Waals surface area contributed by atoms with E-state index in [1.54, 1.807) is 30.3 Å². The summed E-state index contributed by atoms with van der Waals surface area (Å²) >= 11 is 0. The molecule has 0 unspecified atom stereocenters. The number of hydrogen-bond donors (Lipinski definition) is 1. The first-order chi connectivity index (χ1) is 12.9. The third kappa shape index (κ3) is 3.72. The van der Waals surface area contributed by atoms with Crippen LogP contribution < -0.4 is 10.9 Å². The van der Waals surface area contributed by atoms with Crippen LogP contribution in [-0.4, -0.2) is 28.3 Å². The van der Waals surface area contributed by atoms with Crippen LogP contribution in [0, 0.1) is 13.8 Å². The van der Waals surface area contributed by atoms with Gasteiger partial charge in [0.15, 0.2) is 12.3 Å². The number of carbonyl (C=O) groups excluding carboxylic acids is 2. The van der Waals surface area contributed by atoms with Gasteiger partial charge in [-0.1, -0.05) is 30.3 Å². The topological polar surface area (TPSA) is 90.3 Å². The molecular weight excluding hydrogens is 346 g/mol. The number of rotatable bonds is 4. The van der Waals surface area contributed by atoms with Crippen LogP contribution in [-0.2, 0) is 16.6 Å². The van der Waals surface area contributed by atoms with Crippen LogP contribution in [0.2, 0.25) is 0 Å². The molecule has 138 valence electrons. The summed E-state index contributed by atoms with van der Waals surface area (Å²) in [7, 11) is 1.46. The van der Waals surface area contributed by atoms with Crippen molar-refractivity contribution in [3.63, 3.8) is 0 Å². The van der Waals surface area contributed by atoms with Crippen molar-refractivity contribution in [2.24, 2.45) is 7.05 Å². The van der Waals surface area contributed by atoms with Crippen LogP contribution in [0.15, 0.2) is 47.3 Å². The predicted molar refractivity (Wildman–Crippen MR) is 102 cm³/mol. The Morgan fingerprint density at radius 3 is 2.52 bits per heavy atom. The van der Waals surface area contributed by atoms with Gasteiger partial charge >= 0.3 is 5.97 Å². The van der Waals surface area contributed by atoms with E-state index in [1.165, 1.54) is 7.05 Å². The normalized spacial score (nSPS) is 10.6. The summed E-state index contributed by atoms with van der Waals surface area (Å²) in [6.45, 7) is 3.39. The lowest BCUT2D eigenvalue weighted by Gasteiger charge is -2.11. The second kappa shape index (κ2) is 7.41. The molecule has 3 rings (SSSR count). The molecule has 0 spiro atoms. The second-order valence-corrected chi connectivity index (χ2v) is 6.19. The quantitative estimate of drug-likeness (QED) is 0.717. The van der Waals surface area contributed by atoms with Gasteiger partial charge in [0.2, 0.25) is 0 Å². The Bertz CT molecular complexity index is 1100. The van der Waals surface area contributed by atoms with Crippen LogP contribution in [0.3, 0.4) is 0 Å². The Kier molecular flexibility index (Phi) is 5.03. The molecule has 27 heavy (non-hydrogen) atoms. The fraction of sp³-hybridized carbons (Fsp3) is 0.200. The number of esters is 1. The molecule has 0 aliphatic rings. The molecule has 0 radical (unpaired) electrons. The number of fused-ring (bicyclic) bond motifs is 1. The highest BCUT2D eigenvalue weighted by Gasteiger charge is 2.18. The van der Waals surface area contributed by atoms with Crippen molar-refractivity contribution in [2.45, 2.75) is 13.8 Å². The molecule has 3 aromatic rings. The first kappa shape index (κ1) is 18.3. The molecule has 1 heterocycles. The molecule has 0 aliphatic carbocycles. The molecule has 1 N–H and O–H groups in total. The summed E-state index contributed by atoms with van der Waals surface area (Å²) in [5.41, 5.74) is 2.34. The summed E-state index contributed by atoms with van der Waals surface area (Å²) in [6, 6.07) is 12.2. The summed E-state index contributed by atoms with van der Waals surface area (Å²) in [5, 5.41) is 7.46. The van der Waals surface area contributed by atoms with E-state index in [0.29, 0.717) is 16.5 Å². The van der Waals surface area contributed by atoms with E-state index in [2.05, 4.69) is 10.4 Å². The Balaban J connectivity index is 1.76. The average Bonchev–Trinajstić information content (AvgIpc) is 2.66. The minimum atomic E-state index is -0.766. The fourth-order valence-electron chi connectivity index (χ4n) is 2.72. The van der Waals surface area contributed by atoms with Gasteiger partial charge < -0.3 is 10.1 Å². The summed E-state index contributed by atoms with van der Waals surface area (Å²) in [4.78, 5) is 36.7. The first-order valence-corrected chi connectivity index (χ1v) is 8.37. The number of carbonyl (C=O) groups is 2. The molecule has 7 heteroatoms. The van der Waals surface area contributed by atoms with Gasteiger partial charge in [0.05, 0.1) is 5.39 Å². The Labute approximate surface area is 155 Å². The maximum atomic E-state index is 12.4. The van der Waals surface area contributed by atoms with Gasteiger partial charge in [0.25, 0.3) is 11.5 Å². The van der Waals surface area contributed by atoms with Crippen LogP contribution >= 0.6 is 0 Å². The zero-order chi connectivity index (χ0) is 19.6. The molecule has 0 fully saturated rings. The molecule has 0 aliphatic heterocycles. The maximum Gasteiger partial charge on any atom is 0.359 e. The Morgan fingerprint density at radius 2 is 1.78 bits per heavy atom. The molecule has 1 amide bonds. The second-order valence-electron chi connectivity index (χ2n) is 6.19. The Hall–Kier alpha value is -3.48. The Morgan fingerprint density at radius 1 is 1.07 bits per heavy atom. The number of benzene rings is 2. The standard InChI is InChI=1S/C20H19N3O4/c1-12-7-6-10-16(13(12)2)21-17(24)11-27-20(26)18-14-8-4-5-9-15(14)19(25)23(3)22-18/h4-10H,11H2,1-3H3,(H,21,24). The average molecular weight is 365 g/mol. The van der Waals surface area contributed by atoms with Crippen molar-refractivity contribution in [3.05, 3.63) is 69.6 Å². The number of aryl methyl sites for hydroxylation is 2. The molecule has 0 bridgehead atoms. The van der Waals surface area contributed by atoms with Gasteiger partial charge in [0, 0.05) is 18.1 Å². The predicted octanol–water partition coefficient (Wildman–Crippen LogP) is 2.35. The lowest BCUT2D eigenvalue weighted by Crippen LogP contribution is -2.26. The molecule has 2 aromatic carbocycles. The summed E-state index contributed by atoms with van der Waals surface area (Å²) < 4.78 is 6.18. The third-order valence-electron chi connectivity index (χ3n) is 4.36. The van der Waals surface area contributed by atoms with Crippen LogP contribution in [0.5, 0.6) is 0 Å². The van der Waals surface area contributed by atoms with E-state index in [4.69, 9.17) is 4.74 Å². The van der Waals surface area contributed by atoms with Gasteiger partial charge in [-0.25, -0.2) is 9.48 Å². The first-order valence-electron chi connectivity index (χ1n) is 8.37. The monoisotopic (exact) mass is 365 g/mol. The van der Waals surface area contributed by atoms with Gasteiger partial charge in [-0.2, -0.15) is 5.10 Å². The number of aromatic nitrogens is 2. The fourth-order valence-corrected chi connectivity index (χ4v) is 2.72. The third-order valence-corrected chi connectivity index (χ3v) is 4.36. The van der Waals surface area contributed by atoms with E-state index in [1.807, 2.05) is 26.0 Å². The number of amides is 1. The maximum absolute atomic E-state index is 12.4. The van der Waals surface area contributed by atoms with Crippen molar-refractivity contribution >= 4 is 28.3 Å². The van der Waals surface area contributed by atoms with Crippen molar-refractivity contribution < 1.29 is 14.3 Å². The number of nitrogens with zero attached hydrogens (tertiary/aromatic N) is 2. The zero-order valence-corrected chi connectivity index (χ0v) is 15.3. The van der Waals surface area contributed by atoms with Gasteiger partial charge in [-0.3, -0.25) is 9.59 Å². The van der Waals surface area contributed by atoms with Crippen molar-refractivity contribution in [1.29, 1.82) is 0 Å². The molecule has 0 saturated heterocycles. The molecule has 0 saturated carbocycles. The molecule has 0 atom stereocenters. The van der Waals surface area contributed by atoms with Crippen LogP contribution in [0.25, 0.3) is 10.8 Å². The van der Waals surface area contributed by atoms with Crippen molar-refractivity contribution in [2.75, 3.05) is 11.9 Å². The SMILES string of the molecule is Cc1cccc(NC(=O)COC(=O)c2nn(C)c(=O)c3ccccc23)c1C. The number of ether oxygens (including phenoxy) is 1. The van der Waals surface area contributed by atoms with E-state index in [9.17, 15) is 14.4 Å².